The molecular weight excluding hydrogens is 340 g/mol. The van der Waals surface area contributed by atoms with E-state index in [1.165, 1.54) is 11.1 Å². The third kappa shape index (κ3) is 4.11. The number of nitrogens with zero attached hydrogens (tertiary/aromatic N) is 3. The predicted octanol–water partition coefficient (Wildman–Crippen LogP) is 1.84. The van der Waals surface area contributed by atoms with Gasteiger partial charge >= 0.3 is 0 Å². The monoisotopic (exact) mass is 366 g/mol. The molecule has 1 aromatic heterocycles. The number of hydrogen-bond acceptors (Lipinski definition) is 4. The van der Waals surface area contributed by atoms with Gasteiger partial charge in [0.25, 0.3) is 5.56 Å². The molecule has 6 nitrogen and oxygen atoms in total. The molecule has 0 bridgehead atoms. The Labute approximate surface area is 159 Å². The quantitative estimate of drug-likeness (QED) is 0.900. The first kappa shape index (κ1) is 17.9. The Kier molecular flexibility index (Phi) is 5.07. The van der Waals surface area contributed by atoms with Crippen molar-refractivity contribution in [1.29, 1.82) is 0 Å². The van der Waals surface area contributed by atoms with Crippen molar-refractivity contribution in [2.24, 2.45) is 0 Å². The maximum atomic E-state index is 12.9. The second-order valence-corrected chi connectivity index (χ2v) is 7.66. The lowest BCUT2D eigenvalue weighted by molar-refractivity contribution is -0.133. The molecule has 27 heavy (non-hydrogen) atoms. The summed E-state index contributed by atoms with van der Waals surface area (Å²) in [4.78, 5) is 36.0. The molecule has 1 saturated heterocycles. The van der Waals surface area contributed by atoms with E-state index >= 15 is 0 Å². The van der Waals surface area contributed by atoms with Crippen molar-refractivity contribution in [3.63, 3.8) is 0 Å². The molecular formula is C21H26N4O2. The molecule has 0 aliphatic carbocycles. The number of rotatable bonds is 3. The van der Waals surface area contributed by atoms with Crippen molar-refractivity contribution in [2.75, 3.05) is 26.2 Å². The zero-order valence-electron chi connectivity index (χ0n) is 15.8. The maximum absolute atomic E-state index is 12.9. The maximum Gasteiger partial charge on any atom is 0.251 e. The summed E-state index contributed by atoms with van der Waals surface area (Å²) in [5, 5.41) is 0. The summed E-state index contributed by atoms with van der Waals surface area (Å²) in [6.45, 7) is 5.47. The number of piperidine rings is 1. The lowest BCUT2D eigenvalue weighted by atomic mass is 9.94. The van der Waals surface area contributed by atoms with Gasteiger partial charge in [-0.1, -0.05) is 24.3 Å². The zero-order chi connectivity index (χ0) is 18.8. The minimum atomic E-state index is -0.118. The van der Waals surface area contributed by atoms with Gasteiger partial charge in [0, 0.05) is 38.2 Å². The molecule has 4 rings (SSSR count). The highest BCUT2D eigenvalue weighted by atomic mass is 16.2. The summed E-state index contributed by atoms with van der Waals surface area (Å²) < 4.78 is 0. The van der Waals surface area contributed by atoms with Gasteiger partial charge in [0.15, 0.2) is 0 Å². The van der Waals surface area contributed by atoms with Gasteiger partial charge in [0.2, 0.25) is 5.91 Å². The SMILES string of the molecule is Cc1nc([C@@H]2CCCN(C(=O)CN3CCc4ccccc4C3)C2)cc(=O)[nH]1. The van der Waals surface area contributed by atoms with E-state index in [2.05, 4.69) is 39.1 Å². The first-order chi connectivity index (χ1) is 13.1. The van der Waals surface area contributed by atoms with E-state index in [0.29, 0.717) is 18.9 Å². The van der Waals surface area contributed by atoms with Gasteiger partial charge in [-0.2, -0.15) is 0 Å². The molecule has 1 N–H and O–H groups in total. The van der Waals surface area contributed by atoms with Crippen molar-refractivity contribution in [2.45, 2.75) is 38.6 Å². The molecule has 1 aromatic carbocycles. The largest absolute Gasteiger partial charge is 0.341 e. The molecule has 1 atom stereocenters. The van der Waals surface area contributed by atoms with Gasteiger partial charge in [-0.05, 0) is 37.3 Å². The van der Waals surface area contributed by atoms with Crippen LogP contribution in [0.5, 0.6) is 0 Å². The number of fused-ring (bicyclic) bond motifs is 1. The third-order valence-corrected chi connectivity index (χ3v) is 5.64. The van der Waals surface area contributed by atoms with E-state index in [0.717, 1.165) is 44.6 Å². The first-order valence-electron chi connectivity index (χ1n) is 9.73. The standard InChI is InChI=1S/C21H26N4O2/c1-15-22-19(11-20(26)23-15)18-7-4-9-25(13-18)21(27)14-24-10-8-16-5-2-3-6-17(16)12-24/h2-3,5-6,11,18H,4,7-10,12-14H2,1H3,(H,22,23,26)/t18-/m1/s1. The van der Waals surface area contributed by atoms with Crippen molar-refractivity contribution in [3.8, 4) is 0 Å². The minimum Gasteiger partial charge on any atom is -0.341 e. The number of hydrogen-bond donors (Lipinski definition) is 1. The molecule has 2 aliphatic heterocycles. The summed E-state index contributed by atoms with van der Waals surface area (Å²) in [7, 11) is 0. The van der Waals surface area contributed by atoms with Gasteiger partial charge < -0.3 is 9.88 Å². The number of nitrogens with one attached hydrogen (secondary N) is 1. The number of benzene rings is 1. The van der Waals surface area contributed by atoms with Crippen LogP contribution in [0.15, 0.2) is 35.1 Å². The number of H-pyrrole nitrogens is 1. The van der Waals surface area contributed by atoms with Crippen molar-refractivity contribution in [3.05, 3.63) is 63.3 Å². The van der Waals surface area contributed by atoms with Crippen LogP contribution >= 0.6 is 0 Å². The van der Waals surface area contributed by atoms with Crippen LogP contribution in [-0.4, -0.2) is 51.9 Å². The Morgan fingerprint density at radius 2 is 2.07 bits per heavy atom. The van der Waals surface area contributed by atoms with Gasteiger partial charge in [-0.3, -0.25) is 14.5 Å². The predicted molar refractivity (Wildman–Crippen MR) is 104 cm³/mol. The minimum absolute atomic E-state index is 0.118. The normalized spacial score (nSPS) is 20.3. The smallest absolute Gasteiger partial charge is 0.251 e. The van der Waals surface area contributed by atoms with Gasteiger partial charge in [-0.25, -0.2) is 4.98 Å². The number of likely N-dealkylation sites (tertiary alicyclic amines) is 1. The highest BCUT2D eigenvalue weighted by Crippen LogP contribution is 2.25. The average Bonchev–Trinajstić information content (AvgIpc) is 2.67. The third-order valence-electron chi connectivity index (χ3n) is 5.64. The second-order valence-electron chi connectivity index (χ2n) is 7.66. The van der Waals surface area contributed by atoms with Crippen LogP contribution in [0.3, 0.4) is 0 Å². The Bertz CT molecular complexity index is 892. The number of carbonyl (C=O) groups is 1. The zero-order valence-corrected chi connectivity index (χ0v) is 15.8. The molecule has 3 heterocycles. The molecule has 0 spiro atoms. The van der Waals surface area contributed by atoms with E-state index in [1.54, 1.807) is 13.0 Å². The van der Waals surface area contributed by atoms with Crippen LogP contribution < -0.4 is 5.56 Å². The summed E-state index contributed by atoms with van der Waals surface area (Å²) in [5.41, 5.74) is 3.42. The van der Waals surface area contributed by atoms with Gasteiger partial charge in [0.05, 0.1) is 12.2 Å². The van der Waals surface area contributed by atoms with Crippen molar-refractivity contribution >= 4 is 5.91 Å². The van der Waals surface area contributed by atoms with Gasteiger partial charge in [-0.15, -0.1) is 0 Å². The number of aromatic amines is 1. The summed E-state index contributed by atoms with van der Waals surface area (Å²) in [5.74, 6) is 0.958. The molecule has 142 valence electrons. The van der Waals surface area contributed by atoms with Gasteiger partial charge in [0.1, 0.15) is 5.82 Å². The molecule has 2 aliphatic rings. The van der Waals surface area contributed by atoms with E-state index in [9.17, 15) is 9.59 Å². The lowest BCUT2D eigenvalue weighted by Gasteiger charge is -2.35. The lowest BCUT2D eigenvalue weighted by Crippen LogP contribution is -2.45. The number of aryl methyl sites for hydroxylation is 1. The number of amides is 1. The van der Waals surface area contributed by atoms with Crippen molar-refractivity contribution < 1.29 is 4.79 Å². The highest BCUT2D eigenvalue weighted by molar-refractivity contribution is 5.78. The van der Waals surface area contributed by atoms with Crippen LogP contribution in [0.2, 0.25) is 0 Å². The van der Waals surface area contributed by atoms with E-state index < -0.39 is 0 Å². The van der Waals surface area contributed by atoms with Crippen molar-refractivity contribution in [1.82, 2.24) is 19.8 Å². The summed E-state index contributed by atoms with van der Waals surface area (Å²) >= 11 is 0. The molecule has 6 heteroatoms. The molecule has 0 unspecified atom stereocenters. The molecule has 1 amide bonds. The van der Waals surface area contributed by atoms with Crippen LogP contribution in [0.4, 0.5) is 0 Å². The van der Waals surface area contributed by atoms with Crippen LogP contribution in [0.25, 0.3) is 0 Å². The average molecular weight is 366 g/mol. The summed E-state index contributed by atoms with van der Waals surface area (Å²) in [6.07, 6.45) is 2.92. The molecule has 1 fully saturated rings. The fourth-order valence-corrected chi connectivity index (χ4v) is 4.24. The second kappa shape index (κ2) is 7.64. The molecule has 0 saturated carbocycles. The Hall–Kier alpha value is -2.47. The van der Waals surface area contributed by atoms with Crippen LogP contribution in [0.1, 0.15) is 41.4 Å². The Morgan fingerprint density at radius 3 is 2.89 bits per heavy atom. The summed E-state index contributed by atoms with van der Waals surface area (Å²) in [6, 6.07) is 10.1. The topological polar surface area (TPSA) is 69.3 Å². The van der Waals surface area contributed by atoms with E-state index in [-0.39, 0.29) is 17.4 Å². The first-order valence-corrected chi connectivity index (χ1v) is 9.73. The molecule has 0 radical (unpaired) electrons. The van der Waals surface area contributed by atoms with E-state index in [4.69, 9.17) is 0 Å². The Morgan fingerprint density at radius 1 is 1.26 bits per heavy atom. The number of carbonyl (C=O) groups excluding carboxylic acids is 1. The fourth-order valence-electron chi connectivity index (χ4n) is 4.24. The van der Waals surface area contributed by atoms with E-state index in [1.807, 2.05) is 4.90 Å². The fraction of sp³-hybridized carbons (Fsp3) is 0.476. The van der Waals surface area contributed by atoms with Crippen LogP contribution in [0, 0.1) is 6.92 Å². The van der Waals surface area contributed by atoms with Crippen LogP contribution in [-0.2, 0) is 17.8 Å². The number of aromatic nitrogens is 2. The highest BCUT2D eigenvalue weighted by Gasteiger charge is 2.27. The molecule has 2 aromatic rings. The Balaban J connectivity index is 1.40.